The highest BCUT2D eigenvalue weighted by molar-refractivity contribution is 7.37. The second-order valence-electron chi connectivity index (χ2n) is 5.96. The zero-order valence-electron chi connectivity index (χ0n) is 11.9. The summed E-state index contributed by atoms with van der Waals surface area (Å²) in [5.74, 6) is 0.641. The molecule has 0 bridgehead atoms. The molecule has 0 N–H and O–H groups in total. The standard InChI is InChI=1S/C18H18O2P/c19-21-18-9-5-4-8-16(18)15-11-10-14(12-17(15)20-21)13-6-2-1-3-7-13/h4-5,8-13H,1-3,6-7H2/q+1. The first-order valence-corrected chi connectivity index (χ1v) is 8.89. The average molecular weight is 297 g/mol. The van der Waals surface area contributed by atoms with Gasteiger partial charge in [-0.2, -0.15) is 0 Å². The van der Waals surface area contributed by atoms with Gasteiger partial charge in [-0.15, -0.1) is 0 Å². The summed E-state index contributed by atoms with van der Waals surface area (Å²) in [6.45, 7) is 0. The van der Waals surface area contributed by atoms with Crippen LogP contribution in [0.2, 0.25) is 0 Å². The minimum atomic E-state index is -1.77. The van der Waals surface area contributed by atoms with Crippen molar-refractivity contribution in [3.05, 3.63) is 48.0 Å². The van der Waals surface area contributed by atoms with Crippen LogP contribution in [0, 0.1) is 0 Å². The zero-order valence-corrected chi connectivity index (χ0v) is 12.8. The van der Waals surface area contributed by atoms with Crippen LogP contribution in [0.1, 0.15) is 43.6 Å². The van der Waals surface area contributed by atoms with Crippen molar-refractivity contribution in [2.45, 2.75) is 38.0 Å². The topological polar surface area (TPSA) is 30.2 Å². The second kappa shape index (κ2) is 5.27. The molecule has 3 aromatic rings. The van der Waals surface area contributed by atoms with Crippen molar-refractivity contribution in [1.29, 1.82) is 0 Å². The van der Waals surface area contributed by atoms with Gasteiger partial charge in [0.15, 0.2) is 5.58 Å². The summed E-state index contributed by atoms with van der Waals surface area (Å²) in [4.78, 5) is 0. The van der Waals surface area contributed by atoms with Gasteiger partial charge in [0.25, 0.3) is 0 Å². The number of benzene rings is 2. The molecule has 1 heterocycles. The van der Waals surface area contributed by atoms with Gasteiger partial charge in [-0.05, 0) is 53.2 Å². The second-order valence-corrected chi connectivity index (χ2v) is 7.13. The highest BCUT2D eigenvalue weighted by Gasteiger charge is 2.19. The highest BCUT2D eigenvalue weighted by atomic mass is 31.1. The van der Waals surface area contributed by atoms with E-state index >= 15 is 0 Å². The quantitative estimate of drug-likeness (QED) is 0.488. The van der Waals surface area contributed by atoms with Crippen molar-refractivity contribution in [2.75, 3.05) is 0 Å². The maximum atomic E-state index is 12.3. The molecule has 1 aromatic heterocycles. The van der Waals surface area contributed by atoms with Crippen LogP contribution >= 0.6 is 7.65 Å². The summed E-state index contributed by atoms with van der Waals surface area (Å²) in [5.41, 5.74) is 2.13. The Hall–Kier alpha value is -1.66. The number of hydrogen-bond donors (Lipinski definition) is 0. The first-order chi connectivity index (χ1) is 10.3. The summed E-state index contributed by atoms with van der Waals surface area (Å²) in [6.07, 6.45) is 6.53. The van der Waals surface area contributed by atoms with Crippen molar-refractivity contribution >= 4 is 29.1 Å². The Bertz CT molecular complexity index is 860. The lowest BCUT2D eigenvalue weighted by atomic mass is 9.84. The monoisotopic (exact) mass is 297 g/mol. The van der Waals surface area contributed by atoms with Crippen LogP contribution < -0.4 is 0 Å². The normalized spacial score (nSPS) is 17.4. The lowest BCUT2D eigenvalue weighted by molar-refractivity contribution is 0.443. The minimum absolute atomic E-state index is 0.641. The van der Waals surface area contributed by atoms with Crippen LogP contribution in [-0.4, -0.2) is 0 Å². The third kappa shape index (κ3) is 2.28. The van der Waals surface area contributed by atoms with E-state index in [-0.39, 0.29) is 0 Å². The lowest BCUT2D eigenvalue weighted by Gasteiger charge is -2.21. The molecule has 2 aromatic carbocycles. The van der Waals surface area contributed by atoms with E-state index in [0.717, 1.165) is 21.5 Å². The average Bonchev–Trinajstić information content (AvgIpc) is 2.55. The molecule has 3 heteroatoms. The van der Waals surface area contributed by atoms with Gasteiger partial charge in [0.2, 0.25) is 5.12 Å². The smallest absolute Gasteiger partial charge is 0.250 e. The van der Waals surface area contributed by atoms with Crippen LogP contribution in [-0.2, 0) is 4.57 Å². The molecule has 0 radical (unpaired) electrons. The van der Waals surface area contributed by atoms with E-state index in [4.69, 9.17) is 4.20 Å². The van der Waals surface area contributed by atoms with Crippen molar-refractivity contribution in [3.8, 4) is 0 Å². The van der Waals surface area contributed by atoms with Gasteiger partial charge in [0, 0.05) is 10.8 Å². The van der Waals surface area contributed by atoms with Crippen LogP contribution in [0.5, 0.6) is 0 Å². The van der Waals surface area contributed by atoms with Gasteiger partial charge in [-0.25, -0.2) is 4.20 Å². The Labute approximate surface area is 124 Å². The van der Waals surface area contributed by atoms with E-state index in [9.17, 15) is 4.57 Å². The van der Waals surface area contributed by atoms with Crippen LogP contribution in [0.3, 0.4) is 0 Å². The Balaban J connectivity index is 1.92. The van der Waals surface area contributed by atoms with Crippen LogP contribution in [0.25, 0.3) is 21.5 Å². The van der Waals surface area contributed by atoms with Gasteiger partial charge in [-0.3, -0.25) is 0 Å². The Morgan fingerprint density at radius 1 is 0.952 bits per heavy atom. The third-order valence-corrected chi connectivity index (χ3v) is 5.80. The molecule has 1 saturated carbocycles. The maximum absolute atomic E-state index is 12.3. The van der Waals surface area contributed by atoms with Gasteiger partial charge >= 0.3 is 7.65 Å². The summed E-state index contributed by atoms with van der Waals surface area (Å²) in [6, 6.07) is 14.3. The summed E-state index contributed by atoms with van der Waals surface area (Å²) in [5, 5.41) is 2.93. The molecule has 0 spiro atoms. The number of hydrogen-bond acceptors (Lipinski definition) is 2. The molecule has 4 rings (SSSR count). The van der Waals surface area contributed by atoms with E-state index in [1.165, 1.54) is 37.7 Å². The molecule has 1 atom stereocenters. The molecular weight excluding hydrogens is 279 g/mol. The SMILES string of the molecule is O=[p+]1oc2cc(C3CCCCC3)ccc2c2ccccc21. The molecule has 2 nitrogen and oxygen atoms in total. The fourth-order valence-corrected chi connectivity index (χ4v) is 4.55. The van der Waals surface area contributed by atoms with E-state index < -0.39 is 7.65 Å². The van der Waals surface area contributed by atoms with E-state index in [1.54, 1.807) is 0 Å². The highest BCUT2D eigenvalue weighted by Crippen LogP contribution is 2.38. The Morgan fingerprint density at radius 3 is 2.62 bits per heavy atom. The first kappa shape index (κ1) is 13.0. The molecule has 0 amide bonds. The molecule has 1 fully saturated rings. The first-order valence-electron chi connectivity index (χ1n) is 7.71. The summed E-state index contributed by atoms with van der Waals surface area (Å²) < 4.78 is 18.0. The van der Waals surface area contributed by atoms with E-state index in [0.29, 0.717) is 5.92 Å². The van der Waals surface area contributed by atoms with Crippen LogP contribution in [0.15, 0.2) is 46.7 Å². The molecule has 0 saturated heterocycles. The van der Waals surface area contributed by atoms with Crippen molar-refractivity contribution in [2.24, 2.45) is 0 Å². The largest absolute Gasteiger partial charge is 0.597 e. The molecule has 106 valence electrons. The predicted molar refractivity (Wildman–Crippen MR) is 87.2 cm³/mol. The van der Waals surface area contributed by atoms with E-state index in [2.05, 4.69) is 18.2 Å². The zero-order chi connectivity index (χ0) is 14.2. The van der Waals surface area contributed by atoms with Crippen molar-refractivity contribution in [3.63, 3.8) is 0 Å². The predicted octanol–water partition coefficient (Wildman–Crippen LogP) is 6.38. The lowest BCUT2D eigenvalue weighted by Crippen LogP contribution is -2.04. The van der Waals surface area contributed by atoms with Crippen LogP contribution in [0.4, 0.5) is 0 Å². The number of fused-ring (bicyclic) bond motifs is 3. The molecule has 0 aliphatic heterocycles. The fourth-order valence-electron chi connectivity index (χ4n) is 3.53. The molecule has 1 aliphatic rings. The molecule has 1 unspecified atom stereocenters. The van der Waals surface area contributed by atoms with Gasteiger partial charge in [0.05, 0.1) is 0 Å². The third-order valence-electron chi connectivity index (χ3n) is 4.65. The van der Waals surface area contributed by atoms with Gasteiger partial charge in [-0.1, -0.05) is 37.5 Å². The minimum Gasteiger partial charge on any atom is -0.250 e. The molecule has 1 aliphatic carbocycles. The van der Waals surface area contributed by atoms with E-state index in [1.807, 2.05) is 24.3 Å². The van der Waals surface area contributed by atoms with Crippen molar-refractivity contribution < 1.29 is 8.76 Å². The summed E-state index contributed by atoms with van der Waals surface area (Å²) in [7, 11) is -1.77. The Morgan fingerprint density at radius 2 is 1.76 bits per heavy atom. The van der Waals surface area contributed by atoms with Gasteiger partial charge < -0.3 is 0 Å². The number of rotatable bonds is 1. The molecular formula is C18H18O2P+. The Kier molecular flexibility index (Phi) is 3.27. The molecule has 21 heavy (non-hydrogen) atoms. The maximum Gasteiger partial charge on any atom is 0.597 e. The van der Waals surface area contributed by atoms with Gasteiger partial charge in [0.1, 0.15) is 0 Å². The van der Waals surface area contributed by atoms with Crippen molar-refractivity contribution in [1.82, 2.24) is 0 Å². The fraction of sp³-hybridized carbons (Fsp3) is 0.333. The summed E-state index contributed by atoms with van der Waals surface area (Å²) >= 11 is 0.